The Hall–Kier alpha value is -8.71. The minimum atomic E-state index is -5.24. The Morgan fingerprint density at radius 1 is 0.311 bits per heavy atom. The van der Waals surface area contributed by atoms with Crippen LogP contribution in [0.5, 0.6) is 0 Å². The van der Waals surface area contributed by atoms with Gasteiger partial charge < -0.3 is 9.13 Å². The van der Waals surface area contributed by atoms with Crippen molar-refractivity contribution >= 4 is 43.6 Å². The van der Waals surface area contributed by atoms with Crippen molar-refractivity contribution in [3.05, 3.63) is 191 Å². The molecule has 2 aromatic heterocycles. The zero-order chi connectivity index (χ0) is 53.0. The zero-order valence-corrected chi connectivity index (χ0v) is 36.9. The molecule has 0 bridgehead atoms. The van der Waals surface area contributed by atoms with Gasteiger partial charge in [-0.15, -0.1) is 0 Å². The van der Waals surface area contributed by atoms with E-state index in [2.05, 4.69) is 6.07 Å². The number of nitrogens with zero attached hydrogens (tertiary/aromatic N) is 4. The van der Waals surface area contributed by atoms with E-state index in [1.165, 1.54) is 48.5 Å². The molecule has 0 spiro atoms. The van der Waals surface area contributed by atoms with Gasteiger partial charge in [0.1, 0.15) is 0 Å². The van der Waals surface area contributed by atoms with Gasteiger partial charge in [-0.1, -0.05) is 66.7 Å². The van der Waals surface area contributed by atoms with Crippen LogP contribution in [0, 0.1) is 22.7 Å². The largest absolute Gasteiger partial charge is 0.417 e. The van der Waals surface area contributed by atoms with E-state index in [0.29, 0.717) is 52.1 Å². The normalized spacial score (nSPS) is 12.8. The van der Waals surface area contributed by atoms with Gasteiger partial charge in [-0.2, -0.15) is 76.4 Å². The summed E-state index contributed by atoms with van der Waals surface area (Å²) in [7, 11) is 0. The molecule has 0 aliphatic carbocycles. The summed E-state index contributed by atoms with van der Waals surface area (Å²) >= 11 is 0. The third-order valence-corrected chi connectivity index (χ3v) is 12.7. The van der Waals surface area contributed by atoms with E-state index in [4.69, 9.17) is 0 Å². The van der Waals surface area contributed by atoms with Crippen molar-refractivity contribution in [3.8, 4) is 56.9 Å². The van der Waals surface area contributed by atoms with Crippen molar-refractivity contribution in [2.75, 3.05) is 0 Å². The highest BCUT2D eigenvalue weighted by atomic mass is 19.4. The monoisotopic (exact) mass is 1030 g/mol. The minimum absolute atomic E-state index is 0.0115. The molecule has 2 heterocycles. The molecule has 370 valence electrons. The van der Waals surface area contributed by atoms with Crippen LogP contribution < -0.4 is 0 Å². The van der Waals surface area contributed by atoms with Crippen LogP contribution >= 0.6 is 0 Å². The number of para-hydroxylation sites is 2. The molecule has 0 unspecified atom stereocenters. The highest BCUT2D eigenvalue weighted by Gasteiger charge is 2.40. The molecule has 4 nitrogen and oxygen atoms in total. The van der Waals surface area contributed by atoms with Crippen LogP contribution in [0.3, 0.4) is 0 Å². The van der Waals surface area contributed by atoms with Crippen molar-refractivity contribution in [1.29, 1.82) is 10.5 Å². The predicted octanol–water partition coefficient (Wildman–Crippen LogP) is 17.7. The maximum Gasteiger partial charge on any atom is 0.417 e. The third kappa shape index (κ3) is 8.27. The number of alkyl halides is 15. The Bertz CT molecular complexity index is 4040. The number of nitriles is 2. The lowest BCUT2D eigenvalue weighted by atomic mass is 9.93. The summed E-state index contributed by atoms with van der Waals surface area (Å²) in [6, 6.07) is 32.4. The van der Waals surface area contributed by atoms with Crippen LogP contribution in [0.25, 0.3) is 88.4 Å². The van der Waals surface area contributed by atoms with E-state index in [9.17, 15) is 76.4 Å². The topological polar surface area (TPSA) is 57.4 Å². The highest BCUT2D eigenvalue weighted by molar-refractivity contribution is 6.13. The van der Waals surface area contributed by atoms with E-state index < -0.39 is 75.4 Å². The number of hydrogen-bond acceptors (Lipinski definition) is 2. The van der Waals surface area contributed by atoms with Gasteiger partial charge >= 0.3 is 30.9 Å². The van der Waals surface area contributed by atoms with E-state index >= 15 is 0 Å². The molecule has 0 amide bonds. The number of halogens is 15. The summed E-state index contributed by atoms with van der Waals surface area (Å²) in [4.78, 5) is 0. The van der Waals surface area contributed by atoms with Gasteiger partial charge in [0.2, 0.25) is 0 Å². The molecule has 8 aromatic carbocycles. The van der Waals surface area contributed by atoms with Gasteiger partial charge in [0.15, 0.2) is 0 Å². The van der Waals surface area contributed by atoms with Crippen LogP contribution in [-0.4, -0.2) is 9.13 Å². The van der Waals surface area contributed by atoms with Gasteiger partial charge in [-0.3, -0.25) is 0 Å². The third-order valence-electron chi connectivity index (χ3n) is 12.7. The summed E-state index contributed by atoms with van der Waals surface area (Å²) in [6.07, 6.45) is -25.6. The van der Waals surface area contributed by atoms with Crippen molar-refractivity contribution in [3.63, 3.8) is 0 Å². The molecule has 0 aliphatic heterocycles. The number of aromatic nitrogens is 2. The Labute approximate surface area is 406 Å². The second-order valence-corrected chi connectivity index (χ2v) is 17.0. The number of rotatable bonds is 5. The van der Waals surface area contributed by atoms with E-state index in [1.807, 2.05) is 0 Å². The number of benzene rings is 8. The molecule has 10 rings (SSSR count). The lowest BCUT2D eigenvalue weighted by Gasteiger charge is -2.20. The Balaban J connectivity index is 1.29. The maximum absolute atomic E-state index is 14.5. The smallest absolute Gasteiger partial charge is 0.307 e. The van der Waals surface area contributed by atoms with E-state index in [0.717, 1.165) is 12.1 Å². The Morgan fingerprint density at radius 2 is 0.676 bits per heavy atom. The minimum Gasteiger partial charge on any atom is -0.307 e. The van der Waals surface area contributed by atoms with Crippen molar-refractivity contribution in [2.24, 2.45) is 0 Å². The molecular formula is C55H25F15N4. The average molecular weight is 1030 g/mol. The first-order chi connectivity index (χ1) is 34.8. The fourth-order valence-electron chi connectivity index (χ4n) is 9.51. The molecule has 19 heteroatoms. The fourth-order valence-corrected chi connectivity index (χ4v) is 9.51. The molecule has 0 saturated heterocycles. The molecule has 0 saturated carbocycles. The fraction of sp³-hybridized carbons (Fsp3) is 0.0909. The SMILES string of the molecule is N#Cc1cc(C(F)(F)F)ccc1-c1cc(-n2c3ccccc3c3cc(-c4ccc(C(F)(F)F)cc4C(F)(F)F)ccc32)c(-n2c3ccccc3c3cc(-c4ccc(C(F)(F)F)cc4C(F)(F)F)ccc32)cc1C#N. The van der Waals surface area contributed by atoms with Gasteiger partial charge in [0.05, 0.1) is 84.5 Å². The Kier molecular flexibility index (Phi) is 11.2. The molecule has 0 radical (unpaired) electrons. The van der Waals surface area contributed by atoms with Crippen molar-refractivity contribution in [1.82, 2.24) is 9.13 Å². The number of fused-ring (bicyclic) bond motifs is 6. The molecule has 10 aromatic rings. The summed E-state index contributed by atoms with van der Waals surface area (Å²) in [5, 5.41) is 22.4. The predicted molar refractivity (Wildman–Crippen MR) is 246 cm³/mol. The van der Waals surface area contributed by atoms with Crippen LogP contribution in [-0.2, 0) is 30.9 Å². The first-order valence-electron chi connectivity index (χ1n) is 21.6. The van der Waals surface area contributed by atoms with Gasteiger partial charge in [-0.05, 0) is 107 Å². The molecule has 0 fully saturated rings. The van der Waals surface area contributed by atoms with Crippen LogP contribution in [0.2, 0.25) is 0 Å². The molecule has 74 heavy (non-hydrogen) atoms. The summed E-state index contributed by atoms with van der Waals surface area (Å²) in [5.74, 6) is 0. The van der Waals surface area contributed by atoms with Crippen LogP contribution in [0.15, 0.2) is 152 Å². The van der Waals surface area contributed by atoms with E-state index in [1.54, 1.807) is 63.7 Å². The van der Waals surface area contributed by atoms with Gasteiger partial charge in [0.25, 0.3) is 0 Å². The van der Waals surface area contributed by atoms with Crippen molar-refractivity contribution < 1.29 is 65.9 Å². The summed E-state index contributed by atoms with van der Waals surface area (Å²) in [5.41, 5.74) is -8.12. The second-order valence-electron chi connectivity index (χ2n) is 17.0. The summed E-state index contributed by atoms with van der Waals surface area (Å²) in [6.45, 7) is 0. The molecule has 0 atom stereocenters. The zero-order valence-electron chi connectivity index (χ0n) is 36.9. The maximum atomic E-state index is 14.5. The quantitative estimate of drug-likeness (QED) is 0.161. The second kappa shape index (κ2) is 16.9. The molecular weight excluding hydrogens is 1000 g/mol. The van der Waals surface area contributed by atoms with E-state index in [-0.39, 0.29) is 73.1 Å². The standard InChI is InChI=1S/C55H25F15N4/c56-51(57,58)32-11-14-35(30(19-32)26-71)40-25-50(74-46-8-4-2-6-39(46)42-21-29(10-18-48(42)74)37-16-13-34(53(62,63)64)24-44(37)55(68,69)70)49(22-31(40)27-72)73-45-7-3-1-5-38(45)41-20-28(9-17-47(41)73)36-15-12-33(52(59,60)61)23-43(36)54(65,66)67/h1-25H. The first-order valence-corrected chi connectivity index (χ1v) is 21.6. The molecule has 0 aliphatic rings. The number of hydrogen-bond donors (Lipinski definition) is 0. The van der Waals surface area contributed by atoms with Crippen molar-refractivity contribution in [2.45, 2.75) is 30.9 Å². The Morgan fingerprint density at radius 3 is 1.08 bits per heavy atom. The lowest BCUT2D eigenvalue weighted by molar-refractivity contribution is -0.144. The molecule has 0 N–H and O–H groups in total. The van der Waals surface area contributed by atoms with Gasteiger partial charge in [0, 0.05) is 32.7 Å². The van der Waals surface area contributed by atoms with Crippen LogP contribution in [0.4, 0.5) is 65.9 Å². The highest BCUT2D eigenvalue weighted by Crippen LogP contribution is 2.47. The summed E-state index contributed by atoms with van der Waals surface area (Å²) < 4.78 is 215. The van der Waals surface area contributed by atoms with Crippen LogP contribution in [0.1, 0.15) is 38.9 Å². The average Bonchev–Trinajstić information content (AvgIpc) is 3.86. The van der Waals surface area contributed by atoms with Gasteiger partial charge in [-0.25, -0.2) is 0 Å². The lowest BCUT2D eigenvalue weighted by Crippen LogP contribution is -2.12. The first kappa shape index (κ1) is 48.9.